The lowest BCUT2D eigenvalue weighted by molar-refractivity contribution is 0.102. The molecule has 0 saturated heterocycles. The van der Waals surface area contributed by atoms with E-state index in [4.69, 9.17) is 0 Å². The zero-order valence-corrected chi connectivity index (χ0v) is 14.8. The van der Waals surface area contributed by atoms with E-state index in [0.29, 0.717) is 5.13 Å². The van der Waals surface area contributed by atoms with Gasteiger partial charge >= 0.3 is 0 Å². The van der Waals surface area contributed by atoms with E-state index in [2.05, 4.69) is 41.8 Å². The average Bonchev–Trinajstić information content (AvgIpc) is 3.16. The monoisotopic (exact) mass is 392 g/mol. The summed E-state index contributed by atoms with van der Waals surface area (Å²) >= 11 is 4.75. The third kappa shape index (κ3) is 3.62. The maximum Gasteiger partial charge on any atom is 0.279 e. The number of hydrogen-bond donors (Lipinski definition) is 1. The molecule has 1 aromatic carbocycles. The van der Waals surface area contributed by atoms with Crippen molar-refractivity contribution in [2.24, 2.45) is 0 Å². The minimum atomic E-state index is -0.363. The Labute approximate surface area is 144 Å². The number of nitrogens with zero attached hydrogens (tertiary/aromatic N) is 5. The Balaban J connectivity index is 1.75. The van der Waals surface area contributed by atoms with Crippen LogP contribution in [0, 0.1) is 0 Å². The van der Waals surface area contributed by atoms with Crippen LogP contribution < -0.4 is 5.32 Å². The number of amides is 1. The average molecular weight is 393 g/mol. The number of aromatic nitrogens is 5. The van der Waals surface area contributed by atoms with E-state index in [-0.39, 0.29) is 17.5 Å². The van der Waals surface area contributed by atoms with Crippen LogP contribution in [0.25, 0.3) is 5.69 Å². The minimum absolute atomic E-state index is 0.214. The van der Waals surface area contributed by atoms with Crippen molar-refractivity contribution in [1.82, 2.24) is 25.2 Å². The first-order valence-corrected chi connectivity index (χ1v) is 8.47. The van der Waals surface area contributed by atoms with Gasteiger partial charge in [0.05, 0.1) is 11.9 Å². The normalized spacial score (nSPS) is 11.0. The Bertz CT molecular complexity index is 843. The molecule has 0 radical (unpaired) electrons. The zero-order chi connectivity index (χ0) is 16.4. The number of halogens is 1. The third-order valence-corrected chi connectivity index (χ3v) is 4.59. The first kappa shape index (κ1) is 15.8. The van der Waals surface area contributed by atoms with Crippen molar-refractivity contribution in [2.75, 3.05) is 5.32 Å². The molecule has 0 saturated carbocycles. The van der Waals surface area contributed by atoms with Gasteiger partial charge in [-0.25, -0.2) is 4.68 Å². The van der Waals surface area contributed by atoms with Crippen LogP contribution in [0.5, 0.6) is 0 Å². The van der Waals surface area contributed by atoms with Gasteiger partial charge in [-0.1, -0.05) is 52.4 Å². The highest BCUT2D eigenvalue weighted by Gasteiger charge is 2.15. The van der Waals surface area contributed by atoms with E-state index in [0.717, 1.165) is 15.2 Å². The standard InChI is InChI=1S/C14H13BrN6OS/c1-8(2)13-18-19-14(23-13)16-12(22)11-7-21(20-17-11)10-5-3-4-9(15)6-10/h3-8H,1-2H3,(H,16,19,22). The molecule has 0 aliphatic rings. The summed E-state index contributed by atoms with van der Waals surface area (Å²) in [5, 5.41) is 19.9. The lowest BCUT2D eigenvalue weighted by atomic mass is 10.2. The molecular weight excluding hydrogens is 380 g/mol. The fraction of sp³-hybridized carbons (Fsp3) is 0.214. The van der Waals surface area contributed by atoms with E-state index in [1.165, 1.54) is 11.3 Å². The lowest BCUT2D eigenvalue weighted by Gasteiger charge is -1.99. The van der Waals surface area contributed by atoms with Crippen molar-refractivity contribution in [2.45, 2.75) is 19.8 Å². The minimum Gasteiger partial charge on any atom is -0.295 e. The molecular formula is C14H13BrN6OS. The van der Waals surface area contributed by atoms with Gasteiger partial charge in [0, 0.05) is 10.4 Å². The van der Waals surface area contributed by atoms with Crippen LogP contribution in [0.4, 0.5) is 5.13 Å². The van der Waals surface area contributed by atoms with Gasteiger partial charge in [0.25, 0.3) is 5.91 Å². The van der Waals surface area contributed by atoms with Gasteiger partial charge in [-0.2, -0.15) is 0 Å². The van der Waals surface area contributed by atoms with Gasteiger partial charge < -0.3 is 0 Å². The van der Waals surface area contributed by atoms with Crippen LogP contribution in [-0.2, 0) is 0 Å². The van der Waals surface area contributed by atoms with Gasteiger partial charge in [-0.15, -0.1) is 15.3 Å². The number of carbonyl (C=O) groups is 1. The first-order valence-electron chi connectivity index (χ1n) is 6.86. The second-order valence-electron chi connectivity index (χ2n) is 5.08. The van der Waals surface area contributed by atoms with Gasteiger partial charge in [-0.3, -0.25) is 10.1 Å². The van der Waals surface area contributed by atoms with Gasteiger partial charge in [0.2, 0.25) is 5.13 Å². The first-order chi connectivity index (χ1) is 11.0. The Kier molecular flexibility index (Phi) is 4.49. The molecule has 9 heteroatoms. The molecule has 0 aliphatic carbocycles. The van der Waals surface area contributed by atoms with E-state index in [9.17, 15) is 4.79 Å². The molecule has 0 fully saturated rings. The molecule has 118 valence electrons. The number of hydrogen-bond acceptors (Lipinski definition) is 6. The SMILES string of the molecule is CC(C)c1nnc(NC(=O)c2cn(-c3cccc(Br)c3)nn2)s1. The molecule has 1 N–H and O–H groups in total. The number of rotatable bonds is 4. The molecule has 23 heavy (non-hydrogen) atoms. The van der Waals surface area contributed by atoms with Gasteiger partial charge in [0.1, 0.15) is 5.01 Å². The third-order valence-electron chi connectivity index (χ3n) is 2.95. The molecule has 0 unspecified atom stereocenters. The van der Waals surface area contributed by atoms with E-state index in [1.807, 2.05) is 38.1 Å². The molecule has 3 rings (SSSR count). The highest BCUT2D eigenvalue weighted by atomic mass is 79.9. The van der Waals surface area contributed by atoms with Crippen LogP contribution >= 0.6 is 27.3 Å². The van der Waals surface area contributed by atoms with Crippen molar-refractivity contribution in [3.05, 3.63) is 45.6 Å². The topological polar surface area (TPSA) is 85.6 Å². The summed E-state index contributed by atoms with van der Waals surface area (Å²) in [5.74, 6) is -0.0896. The van der Waals surface area contributed by atoms with Crippen LogP contribution in [0.2, 0.25) is 0 Å². The summed E-state index contributed by atoms with van der Waals surface area (Å²) in [4.78, 5) is 12.2. The zero-order valence-electron chi connectivity index (χ0n) is 12.4. The fourth-order valence-electron chi connectivity index (χ4n) is 1.79. The summed E-state index contributed by atoms with van der Waals surface area (Å²) < 4.78 is 2.46. The Hall–Kier alpha value is -2.13. The molecule has 0 spiro atoms. The quantitative estimate of drug-likeness (QED) is 0.736. The molecule has 1 amide bonds. The van der Waals surface area contributed by atoms with Crippen LogP contribution in [0.15, 0.2) is 34.9 Å². The maximum absolute atomic E-state index is 12.2. The van der Waals surface area contributed by atoms with Crippen molar-refractivity contribution < 1.29 is 4.79 Å². The van der Waals surface area contributed by atoms with Crippen LogP contribution in [-0.4, -0.2) is 31.1 Å². The second kappa shape index (κ2) is 6.55. The summed E-state index contributed by atoms with van der Waals surface area (Å²) in [7, 11) is 0. The van der Waals surface area contributed by atoms with Gasteiger partial charge in [0.15, 0.2) is 5.69 Å². The molecule has 3 aromatic rings. The predicted molar refractivity (Wildman–Crippen MR) is 91.0 cm³/mol. The Morgan fingerprint density at radius 3 is 2.83 bits per heavy atom. The number of nitrogens with one attached hydrogen (secondary N) is 1. The molecule has 0 aliphatic heterocycles. The van der Waals surface area contributed by atoms with E-state index >= 15 is 0 Å². The smallest absolute Gasteiger partial charge is 0.279 e. The summed E-state index contributed by atoms with van der Waals surface area (Å²) in [6, 6.07) is 7.56. The fourth-order valence-corrected chi connectivity index (χ4v) is 2.92. The molecule has 7 nitrogen and oxygen atoms in total. The number of anilines is 1. The highest BCUT2D eigenvalue weighted by molar-refractivity contribution is 9.10. The van der Waals surface area contributed by atoms with Crippen molar-refractivity contribution >= 4 is 38.3 Å². The summed E-state index contributed by atoms with van der Waals surface area (Å²) in [5.41, 5.74) is 1.02. The van der Waals surface area contributed by atoms with E-state index in [1.54, 1.807) is 10.9 Å². The van der Waals surface area contributed by atoms with Crippen molar-refractivity contribution in [3.8, 4) is 5.69 Å². The van der Waals surface area contributed by atoms with Crippen molar-refractivity contribution in [1.29, 1.82) is 0 Å². The summed E-state index contributed by atoms with van der Waals surface area (Å²) in [6.45, 7) is 4.05. The second-order valence-corrected chi connectivity index (χ2v) is 7.01. The number of carbonyl (C=O) groups excluding carboxylic acids is 1. The largest absolute Gasteiger partial charge is 0.295 e. The maximum atomic E-state index is 12.2. The Morgan fingerprint density at radius 1 is 1.30 bits per heavy atom. The number of benzene rings is 1. The molecule has 2 heterocycles. The van der Waals surface area contributed by atoms with Gasteiger partial charge in [-0.05, 0) is 18.2 Å². The summed E-state index contributed by atoms with van der Waals surface area (Å²) in [6.07, 6.45) is 1.57. The van der Waals surface area contributed by atoms with Crippen molar-refractivity contribution in [3.63, 3.8) is 0 Å². The van der Waals surface area contributed by atoms with Crippen LogP contribution in [0.3, 0.4) is 0 Å². The Morgan fingerprint density at radius 2 is 2.13 bits per heavy atom. The van der Waals surface area contributed by atoms with Crippen LogP contribution in [0.1, 0.15) is 35.3 Å². The van der Waals surface area contributed by atoms with E-state index < -0.39 is 0 Å². The highest BCUT2D eigenvalue weighted by Crippen LogP contribution is 2.22. The lowest BCUT2D eigenvalue weighted by Crippen LogP contribution is -2.12. The predicted octanol–water partition coefficient (Wildman–Crippen LogP) is 3.26. The molecule has 2 aromatic heterocycles. The molecule has 0 bridgehead atoms. The molecule has 0 atom stereocenters.